The average molecular weight is 592 g/mol. The zero-order valence-electron chi connectivity index (χ0n) is 25.9. The lowest BCUT2D eigenvalue weighted by atomic mass is 10.1. The molecule has 7 heteroatoms. The third-order valence-corrected chi connectivity index (χ3v) is 7.62. The van der Waals surface area contributed by atoms with Gasteiger partial charge in [0.15, 0.2) is 0 Å². The molecule has 0 saturated heterocycles. The van der Waals surface area contributed by atoms with Crippen LogP contribution in [-0.4, -0.2) is 53.4 Å². The predicted octanol–water partition coefficient (Wildman–Crippen LogP) is 8.68. The maximum atomic E-state index is 6.32. The number of rotatable bonds is 17. The Balaban J connectivity index is 1.57. The van der Waals surface area contributed by atoms with Crippen LogP contribution in [0.5, 0.6) is 17.2 Å². The van der Waals surface area contributed by atoms with Gasteiger partial charge < -0.3 is 23.7 Å². The number of benzene rings is 3. The minimum atomic E-state index is 0.0119. The SMILES string of the molecule is CCCCn1c(-c2ccc(OCCc3ccc(Cl)cc3)cc2OC(C)C)nc2ccc(OCCCN(CC)CC)cc21. The van der Waals surface area contributed by atoms with Crippen molar-refractivity contribution in [1.82, 2.24) is 14.5 Å². The van der Waals surface area contributed by atoms with E-state index in [2.05, 4.69) is 48.4 Å². The van der Waals surface area contributed by atoms with Gasteiger partial charge in [-0.15, -0.1) is 0 Å². The van der Waals surface area contributed by atoms with E-state index in [0.29, 0.717) is 13.2 Å². The molecule has 0 aliphatic rings. The lowest BCUT2D eigenvalue weighted by molar-refractivity contribution is 0.241. The molecule has 6 nitrogen and oxygen atoms in total. The van der Waals surface area contributed by atoms with Crippen molar-refractivity contribution in [3.05, 3.63) is 71.2 Å². The Bertz CT molecular complexity index is 1400. The van der Waals surface area contributed by atoms with E-state index in [0.717, 1.165) is 96.6 Å². The third-order valence-electron chi connectivity index (χ3n) is 7.37. The first-order chi connectivity index (χ1) is 20.4. The van der Waals surface area contributed by atoms with Gasteiger partial charge in [0.1, 0.15) is 23.1 Å². The van der Waals surface area contributed by atoms with Gasteiger partial charge in [0.25, 0.3) is 0 Å². The number of nitrogens with zero attached hydrogens (tertiary/aromatic N) is 3. The van der Waals surface area contributed by atoms with Crippen molar-refractivity contribution in [3.8, 4) is 28.6 Å². The summed E-state index contributed by atoms with van der Waals surface area (Å²) in [5.41, 5.74) is 4.18. The van der Waals surface area contributed by atoms with Crippen molar-refractivity contribution in [2.24, 2.45) is 0 Å². The third kappa shape index (κ3) is 8.65. The smallest absolute Gasteiger partial charge is 0.144 e. The first kappa shape index (κ1) is 31.7. The number of imidazole rings is 1. The summed E-state index contributed by atoms with van der Waals surface area (Å²) in [6, 6.07) is 20.2. The van der Waals surface area contributed by atoms with Crippen LogP contribution in [0.15, 0.2) is 60.7 Å². The zero-order valence-corrected chi connectivity index (χ0v) is 26.6. The minimum Gasteiger partial charge on any atom is -0.493 e. The van der Waals surface area contributed by atoms with Crippen LogP contribution in [0.2, 0.25) is 5.02 Å². The van der Waals surface area contributed by atoms with E-state index in [4.69, 9.17) is 30.8 Å². The lowest BCUT2D eigenvalue weighted by Gasteiger charge is -2.18. The highest BCUT2D eigenvalue weighted by molar-refractivity contribution is 6.30. The topological polar surface area (TPSA) is 48.8 Å². The van der Waals surface area contributed by atoms with E-state index in [1.165, 1.54) is 5.56 Å². The largest absolute Gasteiger partial charge is 0.493 e. The maximum absolute atomic E-state index is 6.32. The van der Waals surface area contributed by atoms with Gasteiger partial charge in [-0.05, 0) is 81.7 Å². The highest BCUT2D eigenvalue weighted by Crippen LogP contribution is 2.36. The second-order valence-electron chi connectivity index (χ2n) is 10.9. The first-order valence-corrected chi connectivity index (χ1v) is 15.8. The van der Waals surface area contributed by atoms with E-state index < -0.39 is 0 Å². The van der Waals surface area contributed by atoms with Crippen molar-refractivity contribution in [1.29, 1.82) is 0 Å². The molecule has 0 fully saturated rings. The predicted molar refractivity (Wildman–Crippen MR) is 174 cm³/mol. The molecule has 0 bridgehead atoms. The van der Waals surface area contributed by atoms with E-state index in [-0.39, 0.29) is 6.10 Å². The van der Waals surface area contributed by atoms with Crippen LogP contribution >= 0.6 is 11.6 Å². The number of unbranched alkanes of at least 4 members (excludes halogenated alkanes) is 1. The van der Waals surface area contributed by atoms with Gasteiger partial charge in [0.05, 0.1) is 35.9 Å². The molecule has 0 aliphatic heterocycles. The molecule has 3 aromatic carbocycles. The molecule has 0 unspecified atom stereocenters. The van der Waals surface area contributed by atoms with Crippen molar-refractivity contribution >= 4 is 22.6 Å². The molecule has 1 aromatic heterocycles. The normalized spacial score (nSPS) is 11.5. The fourth-order valence-electron chi connectivity index (χ4n) is 5.02. The van der Waals surface area contributed by atoms with Gasteiger partial charge in [-0.25, -0.2) is 4.98 Å². The summed E-state index contributed by atoms with van der Waals surface area (Å²) in [4.78, 5) is 7.52. The number of halogens is 1. The summed E-state index contributed by atoms with van der Waals surface area (Å²) in [6.07, 6.45) is 3.96. The molecule has 1 heterocycles. The number of aryl methyl sites for hydroxylation is 1. The molecule has 0 N–H and O–H groups in total. The summed E-state index contributed by atoms with van der Waals surface area (Å²) < 4.78 is 21.0. The van der Waals surface area contributed by atoms with Crippen molar-refractivity contribution in [2.75, 3.05) is 32.8 Å². The first-order valence-electron chi connectivity index (χ1n) is 15.5. The van der Waals surface area contributed by atoms with Gasteiger partial charge >= 0.3 is 0 Å². The molecule has 0 saturated carbocycles. The molecule has 4 aromatic rings. The Hall–Kier alpha value is -3.22. The second-order valence-corrected chi connectivity index (χ2v) is 11.3. The van der Waals surface area contributed by atoms with Crippen molar-refractivity contribution in [2.45, 2.75) is 73.0 Å². The Labute approximate surface area is 256 Å². The Morgan fingerprint density at radius 1 is 0.857 bits per heavy atom. The van der Waals surface area contributed by atoms with Crippen molar-refractivity contribution < 1.29 is 14.2 Å². The molecule has 4 rings (SSSR count). The minimum absolute atomic E-state index is 0.0119. The van der Waals surface area contributed by atoms with E-state index in [1.807, 2.05) is 56.3 Å². The molecule has 226 valence electrons. The van der Waals surface area contributed by atoms with E-state index in [9.17, 15) is 0 Å². The molecule has 0 amide bonds. The van der Waals surface area contributed by atoms with Crippen molar-refractivity contribution in [3.63, 3.8) is 0 Å². The molecule has 42 heavy (non-hydrogen) atoms. The Kier molecular flexibility index (Phi) is 12.0. The number of hydrogen-bond acceptors (Lipinski definition) is 5. The number of fused-ring (bicyclic) bond motifs is 1. The Morgan fingerprint density at radius 3 is 2.29 bits per heavy atom. The average Bonchev–Trinajstić information content (AvgIpc) is 3.34. The second kappa shape index (κ2) is 15.9. The fourth-order valence-corrected chi connectivity index (χ4v) is 5.15. The zero-order chi connectivity index (χ0) is 29.9. The van der Waals surface area contributed by atoms with Crippen LogP contribution in [0.1, 0.15) is 59.4 Å². The summed E-state index contributed by atoms with van der Waals surface area (Å²) >= 11 is 6.02. The van der Waals surface area contributed by atoms with Crippen LogP contribution < -0.4 is 14.2 Å². The number of aromatic nitrogens is 2. The fraction of sp³-hybridized carbons (Fsp3) is 0.457. The monoisotopic (exact) mass is 591 g/mol. The molecular formula is C35H46ClN3O3. The summed E-state index contributed by atoms with van der Waals surface area (Å²) in [5, 5.41) is 0.741. The highest BCUT2D eigenvalue weighted by atomic mass is 35.5. The molecule has 0 spiro atoms. The van der Waals surface area contributed by atoms with Crippen LogP contribution in [0, 0.1) is 0 Å². The molecule has 0 atom stereocenters. The van der Waals surface area contributed by atoms with Gasteiger partial charge in [0.2, 0.25) is 0 Å². The standard InChI is InChI=1S/C35H46ClN3O3/c1-6-9-21-39-33-24-29(40-22-10-20-38(7-2)8-3)16-18-32(33)37-35(39)31-17-15-30(25-34(31)42-26(4)5)41-23-19-27-11-13-28(36)14-12-27/h11-18,24-26H,6-10,19-23H2,1-5H3. The molecule has 0 aliphatic carbocycles. The Morgan fingerprint density at radius 2 is 1.57 bits per heavy atom. The molecular weight excluding hydrogens is 546 g/mol. The highest BCUT2D eigenvalue weighted by Gasteiger charge is 2.19. The molecule has 0 radical (unpaired) electrons. The van der Waals surface area contributed by atoms with Gasteiger partial charge in [-0.2, -0.15) is 0 Å². The van der Waals surface area contributed by atoms with Crippen LogP contribution in [0.25, 0.3) is 22.4 Å². The maximum Gasteiger partial charge on any atom is 0.144 e. The summed E-state index contributed by atoms with van der Waals surface area (Å²) in [5.74, 6) is 3.34. The number of hydrogen-bond donors (Lipinski definition) is 0. The van der Waals surface area contributed by atoms with E-state index >= 15 is 0 Å². The summed E-state index contributed by atoms with van der Waals surface area (Å²) in [6.45, 7) is 16.0. The number of ether oxygens (including phenoxy) is 3. The quantitative estimate of drug-likeness (QED) is 0.115. The lowest BCUT2D eigenvalue weighted by Crippen LogP contribution is -2.25. The van der Waals surface area contributed by atoms with Crippen LogP contribution in [-0.2, 0) is 13.0 Å². The van der Waals surface area contributed by atoms with Crippen LogP contribution in [0.4, 0.5) is 0 Å². The summed E-state index contributed by atoms with van der Waals surface area (Å²) in [7, 11) is 0. The van der Waals surface area contributed by atoms with Gasteiger partial charge in [0, 0.05) is 36.7 Å². The van der Waals surface area contributed by atoms with Gasteiger partial charge in [-0.3, -0.25) is 0 Å². The van der Waals surface area contributed by atoms with Crippen LogP contribution in [0.3, 0.4) is 0 Å². The van der Waals surface area contributed by atoms with Gasteiger partial charge in [-0.1, -0.05) is 50.9 Å². The van der Waals surface area contributed by atoms with E-state index in [1.54, 1.807) is 0 Å².